The number of aliphatic carboxylic acids is 1. The molecule has 1 saturated heterocycles. The number of thioether (sulfide) groups is 1. The highest BCUT2D eigenvalue weighted by Crippen LogP contribution is 2.28. The molecule has 5 aromatic carbocycles. The molecule has 132 heavy (non-hydrogen) atoms. The molecule has 0 spiro atoms. The van der Waals surface area contributed by atoms with Crippen LogP contribution in [0.5, 0.6) is 5.75 Å². The standard InChI is InChI=1S/C93H122N16O21S2/c1-49(2)35-65-82(119)101-68(38-56-27-31-59(32-28-56)58-23-17-14-18-24-58)88(125)107-79(52(7)8)93(130)109(12)54(10)92(129)108(11)44-76(114)97-70(42-75(94)113)85(122)100-66(36-50(3)4)87(124)106-78(51(5)6)91(128)104-72(45-110)89(126)105-73(90(127)96-53(9)80(95)117)48-131-47-63(112)40-60(37-55-21-15-13-16-22-55)81(118)98-67(39-57-29-33-62(111)34-30-57)83(120)103-71(43-77(115)116)86(123)102-69(84(121)99-65)41-61-46-132-74-26-20-19-25-64(61)74/h13-34,46,49-54,60,65-73,78-79,110-111H,35-45,47-48H2,1-12H3,(H2,94,113)(H2,95,117)(H,96,127)(H,97,114)(H,98,118)(H,99,121)(H,100,122)(H,101,119)(H,102,123)(H,103,120)(H,104,128)(H,105,126)(H,106,124)(H,107,125)(H,115,116)/t53-,54-,60+,65-,66-,67-,68-,69-,70-,71-,72-,73-,78-,79-/m0/s1. The van der Waals surface area contributed by atoms with Crippen LogP contribution in [0.15, 0.2) is 139 Å². The Morgan fingerprint density at radius 3 is 1.46 bits per heavy atom. The van der Waals surface area contributed by atoms with E-state index in [4.69, 9.17) is 11.5 Å². The average Bonchev–Trinajstić information content (AvgIpc) is 1.66. The highest BCUT2D eigenvalue weighted by molar-refractivity contribution is 8.00. The van der Waals surface area contributed by atoms with Crippen molar-refractivity contribution in [3.8, 4) is 16.9 Å². The van der Waals surface area contributed by atoms with E-state index in [1.807, 2.05) is 36.4 Å². The van der Waals surface area contributed by atoms with E-state index >= 15 is 28.8 Å². The fourth-order valence-corrected chi connectivity index (χ4v) is 16.4. The molecule has 19 N–H and O–H groups in total. The Balaban J connectivity index is 1.31. The molecule has 6 aromatic rings. The number of phenolic OH excluding ortho intramolecular Hbond substituents is 1. The van der Waals surface area contributed by atoms with Crippen LogP contribution in [0.2, 0.25) is 0 Å². The number of hydrogen-bond acceptors (Lipinski definition) is 22. The monoisotopic (exact) mass is 1860 g/mol. The summed E-state index contributed by atoms with van der Waals surface area (Å²) in [5.41, 5.74) is 14.6. The third-order valence-corrected chi connectivity index (χ3v) is 24.1. The van der Waals surface area contributed by atoms with Crippen LogP contribution in [0.3, 0.4) is 0 Å². The van der Waals surface area contributed by atoms with Crippen LogP contribution in [-0.2, 0) is 112 Å². The van der Waals surface area contributed by atoms with Crippen molar-refractivity contribution in [2.75, 3.05) is 38.8 Å². The lowest BCUT2D eigenvalue weighted by atomic mass is 9.93. The predicted molar refractivity (Wildman–Crippen MR) is 493 cm³/mol. The van der Waals surface area contributed by atoms with Crippen molar-refractivity contribution in [2.24, 2.45) is 41.1 Å². The van der Waals surface area contributed by atoms with Crippen LogP contribution in [-0.4, -0.2) is 249 Å². The summed E-state index contributed by atoms with van der Waals surface area (Å²) in [6, 6.07) is 16.3. The van der Waals surface area contributed by atoms with Crippen molar-refractivity contribution >= 4 is 139 Å². The molecule has 0 aliphatic carbocycles. The summed E-state index contributed by atoms with van der Waals surface area (Å²) in [4.78, 5) is 260. The first-order chi connectivity index (χ1) is 62.4. The lowest BCUT2D eigenvalue weighted by Gasteiger charge is -2.33. The number of Topliss-reactive ketones (excluding diaryl/α,β-unsaturated/α-hetero) is 1. The predicted octanol–water partition coefficient (Wildman–Crippen LogP) is 1.24. The minimum atomic E-state index is -2.04. The molecule has 1 aliphatic heterocycles. The fourth-order valence-electron chi connectivity index (χ4n) is 14.5. The number of phenols is 1. The number of aromatic hydroxyl groups is 1. The molecule has 0 saturated carbocycles. The topological polar surface area (TPSA) is 571 Å². The Morgan fingerprint density at radius 1 is 0.477 bits per heavy atom. The van der Waals surface area contributed by atoms with Gasteiger partial charge in [0.2, 0.25) is 94.5 Å². The van der Waals surface area contributed by atoms with E-state index in [0.29, 0.717) is 27.6 Å². The van der Waals surface area contributed by atoms with Gasteiger partial charge in [0.25, 0.3) is 0 Å². The quantitative estimate of drug-likeness (QED) is 0.0429. The maximum atomic E-state index is 15.5. The van der Waals surface area contributed by atoms with Crippen molar-refractivity contribution in [3.05, 3.63) is 161 Å². The maximum absolute atomic E-state index is 15.5. The minimum Gasteiger partial charge on any atom is -0.508 e. The molecule has 37 nitrogen and oxygen atoms in total. The van der Waals surface area contributed by atoms with Crippen LogP contribution >= 0.6 is 23.1 Å². The summed E-state index contributed by atoms with van der Waals surface area (Å²) in [5, 5.41) is 64.8. The summed E-state index contributed by atoms with van der Waals surface area (Å²) >= 11 is 2.08. The zero-order valence-corrected chi connectivity index (χ0v) is 77.6. The van der Waals surface area contributed by atoms with E-state index in [2.05, 4.69) is 63.8 Å². The van der Waals surface area contributed by atoms with Gasteiger partial charge in [0.15, 0.2) is 0 Å². The lowest BCUT2D eigenvalue weighted by Crippen LogP contribution is -2.61. The van der Waals surface area contributed by atoms with Gasteiger partial charge in [-0.05, 0) is 119 Å². The van der Waals surface area contributed by atoms with Gasteiger partial charge >= 0.3 is 5.97 Å². The first-order valence-electron chi connectivity index (χ1n) is 43.5. The Bertz CT molecular complexity index is 5080. The van der Waals surface area contributed by atoms with Crippen LogP contribution < -0.4 is 75.3 Å². The van der Waals surface area contributed by atoms with Gasteiger partial charge in [-0.15, -0.1) is 11.3 Å². The van der Waals surface area contributed by atoms with Gasteiger partial charge in [0, 0.05) is 56.1 Å². The molecule has 712 valence electrons. The second-order valence-corrected chi connectivity index (χ2v) is 36.4. The van der Waals surface area contributed by atoms with E-state index < -0.39 is 253 Å². The van der Waals surface area contributed by atoms with Gasteiger partial charge in [-0.3, -0.25) is 86.3 Å². The SMILES string of the molecule is CC(C)C[C@@H]1NC(=O)[C@H](Cc2csc3ccccc23)NC(=O)[C@H](CC(=O)O)NC(=O)[C@H](Cc2ccc(O)cc2)NC(=O)[C@H](Cc2ccccc2)CC(=O)CSC[C@@H](C(=O)N[C@@H](C)C(N)=O)NC(=O)[C@H](CO)NC(=O)[C@H](C(C)C)NC(=O)[C@H](CC(C)C)NC(=O)[C@H](CC(N)=O)NC(=O)CN(C)C(=O)[C@H](C)N(C)C(=O)[C@H](C(C)C)NC(=O)[C@H](Cc2ccc(-c3ccccc3)cc2)NC1=O. The number of nitrogens with zero attached hydrogens (tertiary/aromatic N) is 2. The molecule has 0 unspecified atom stereocenters. The molecular formula is C93H122N16O21S2. The summed E-state index contributed by atoms with van der Waals surface area (Å²) in [6.07, 6.45) is -3.85. The number of carbonyl (C=O) groups excluding carboxylic acids is 17. The van der Waals surface area contributed by atoms with E-state index in [-0.39, 0.29) is 49.7 Å². The Labute approximate surface area is 773 Å². The molecule has 1 aliphatic rings. The number of nitrogens with two attached hydrogens (primary N) is 2. The fraction of sp³-hybridized carbons (Fsp3) is 0.462. The zero-order chi connectivity index (χ0) is 97.5. The Morgan fingerprint density at radius 2 is 0.924 bits per heavy atom. The van der Waals surface area contributed by atoms with Gasteiger partial charge in [-0.25, -0.2) is 0 Å². The molecule has 14 atom stereocenters. The van der Waals surface area contributed by atoms with Crippen LogP contribution in [0.25, 0.3) is 21.2 Å². The highest BCUT2D eigenvalue weighted by atomic mass is 32.2. The van der Waals surface area contributed by atoms with Gasteiger partial charge in [-0.2, -0.15) is 11.8 Å². The number of thiophene rings is 1. The lowest BCUT2D eigenvalue weighted by molar-refractivity contribution is -0.147. The number of primary amides is 2. The number of ketones is 1. The molecular weight excluding hydrogens is 1740 g/mol. The van der Waals surface area contributed by atoms with E-state index in [1.54, 1.807) is 120 Å². The van der Waals surface area contributed by atoms with Crippen molar-refractivity contribution in [3.63, 3.8) is 0 Å². The van der Waals surface area contributed by atoms with Crippen molar-refractivity contribution in [1.82, 2.24) is 73.6 Å². The second kappa shape index (κ2) is 50.9. The first kappa shape index (κ1) is 106. The summed E-state index contributed by atoms with van der Waals surface area (Å²) in [6.45, 7) is 13.8. The van der Waals surface area contributed by atoms with E-state index in [9.17, 15) is 72.9 Å². The third-order valence-electron chi connectivity index (χ3n) is 22.0. The zero-order valence-electron chi connectivity index (χ0n) is 75.9. The molecule has 7 rings (SSSR count). The number of amides is 16. The van der Waals surface area contributed by atoms with Crippen LogP contribution in [0.4, 0.5) is 0 Å². The number of likely N-dealkylation sites (N-methyl/N-ethyl adjacent to an activating group) is 2. The van der Waals surface area contributed by atoms with Gasteiger partial charge in [-0.1, -0.05) is 171 Å². The smallest absolute Gasteiger partial charge is 0.305 e. The normalized spacial score (nSPS) is 23.2. The van der Waals surface area contributed by atoms with Crippen molar-refractivity contribution < 1.29 is 102 Å². The maximum Gasteiger partial charge on any atom is 0.305 e. The average molecular weight is 1860 g/mol. The van der Waals surface area contributed by atoms with Gasteiger partial charge in [0.05, 0.1) is 31.7 Å². The number of rotatable bonds is 23. The molecule has 16 amide bonds. The summed E-state index contributed by atoms with van der Waals surface area (Å²) in [5.74, 6) is -23.3. The van der Waals surface area contributed by atoms with Crippen molar-refractivity contribution in [1.29, 1.82) is 0 Å². The van der Waals surface area contributed by atoms with E-state index in [1.165, 1.54) is 77.4 Å². The van der Waals surface area contributed by atoms with Crippen molar-refractivity contribution in [2.45, 2.75) is 206 Å². The van der Waals surface area contributed by atoms with Crippen LogP contribution in [0.1, 0.15) is 124 Å². The number of aliphatic hydroxyl groups is 1. The molecule has 39 heteroatoms. The van der Waals surface area contributed by atoms with Crippen LogP contribution in [0, 0.1) is 29.6 Å². The Hall–Kier alpha value is -13.2. The van der Waals surface area contributed by atoms with E-state index in [0.717, 1.165) is 37.4 Å². The number of nitrogens with one attached hydrogen (secondary N) is 12. The first-order valence-corrected chi connectivity index (χ1v) is 45.5. The Kier molecular flexibility index (Phi) is 40.8. The van der Waals surface area contributed by atoms with Gasteiger partial charge < -0.3 is 100 Å². The minimum absolute atomic E-state index is 0.107. The number of fused-ring (bicyclic) bond motifs is 1. The number of aliphatic hydroxyl groups excluding tert-OH is 1. The summed E-state index contributed by atoms with van der Waals surface area (Å²) in [7, 11) is 2.48. The molecule has 2 heterocycles. The second-order valence-electron chi connectivity index (χ2n) is 34.5. The number of carbonyl (C=O) groups is 18. The molecule has 1 fully saturated rings. The molecule has 1 aromatic heterocycles. The number of benzene rings is 5. The molecule has 0 radical (unpaired) electrons. The number of carboxylic acids is 1. The number of hydrogen-bond donors (Lipinski definition) is 17. The van der Waals surface area contributed by atoms with Gasteiger partial charge in [0.1, 0.15) is 90.1 Å². The largest absolute Gasteiger partial charge is 0.508 e. The number of carboxylic acid groups (broad SMARTS) is 1. The highest BCUT2D eigenvalue weighted by Gasteiger charge is 2.41. The third kappa shape index (κ3) is 32.7. The molecule has 0 bridgehead atoms. The summed E-state index contributed by atoms with van der Waals surface area (Å²) < 4.78 is 0.773.